The molecule has 1 N–H and O–H groups in total. The van der Waals surface area contributed by atoms with Crippen LogP contribution in [0.1, 0.15) is 47.4 Å². The highest BCUT2D eigenvalue weighted by Gasteiger charge is 2.35. The van der Waals surface area contributed by atoms with Gasteiger partial charge in [0, 0.05) is 13.1 Å². The molecule has 2 aromatic rings. The Morgan fingerprint density at radius 1 is 1.00 bits per heavy atom. The monoisotopic (exact) mass is 424 g/mol. The van der Waals surface area contributed by atoms with Crippen LogP contribution in [0, 0.1) is 11.8 Å². The largest absolute Gasteiger partial charge is 0.303 e. The van der Waals surface area contributed by atoms with E-state index < -0.39 is 10.0 Å². The van der Waals surface area contributed by atoms with Crippen molar-refractivity contribution in [1.82, 2.24) is 9.62 Å². The lowest BCUT2D eigenvalue weighted by Crippen LogP contribution is -2.41. The average molecular weight is 425 g/mol. The van der Waals surface area contributed by atoms with Crippen molar-refractivity contribution in [1.29, 1.82) is 0 Å². The Labute approximate surface area is 180 Å². The average Bonchev–Trinajstić information content (AvgIpc) is 3.44. The van der Waals surface area contributed by atoms with Crippen LogP contribution in [0.15, 0.2) is 48.5 Å². The van der Waals surface area contributed by atoms with E-state index in [9.17, 15) is 8.42 Å². The molecule has 0 bridgehead atoms. The van der Waals surface area contributed by atoms with E-state index in [1.165, 1.54) is 42.7 Å². The topological polar surface area (TPSA) is 49.4 Å². The molecule has 2 unspecified atom stereocenters. The van der Waals surface area contributed by atoms with E-state index in [-0.39, 0.29) is 5.75 Å². The molecule has 1 aliphatic heterocycles. The van der Waals surface area contributed by atoms with E-state index in [0.29, 0.717) is 24.3 Å². The van der Waals surface area contributed by atoms with Crippen LogP contribution in [-0.4, -0.2) is 38.7 Å². The van der Waals surface area contributed by atoms with Crippen molar-refractivity contribution < 1.29 is 8.42 Å². The third-order valence-corrected chi connectivity index (χ3v) is 8.54. The molecule has 1 heterocycles. The molecule has 30 heavy (non-hydrogen) atoms. The standard InChI is InChI=1S/C25H32N2O2S/c28-30(29,18-20-7-8-20)26-16-21-9-10-22-15-23(17-27-11-4-12-27)25(24(22)14-21)13-19-5-2-1-3-6-19/h1-3,5-6,9-10,14,20,23,25-26H,4,7-8,11-13,15-18H2. The van der Waals surface area contributed by atoms with Crippen molar-refractivity contribution in [2.24, 2.45) is 11.8 Å². The zero-order chi connectivity index (χ0) is 20.6. The molecule has 3 aliphatic rings. The molecule has 160 valence electrons. The molecular formula is C25H32N2O2S. The van der Waals surface area contributed by atoms with E-state index in [1.807, 2.05) is 0 Å². The minimum absolute atomic E-state index is 0.284. The Bertz CT molecular complexity index is 981. The first-order chi connectivity index (χ1) is 14.6. The summed E-state index contributed by atoms with van der Waals surface area (Å²) in [6.45, 7) is 4.05. The lowest BCUT2D eigenvalue weighted by Gasteiger charge is -2.35. The normalized spacial score (nSPS) is 23.9. The van der Waals surface area contributed by atoms with E-state index in [0.717, 1.165) is 31.2 Å². The first-order valence-corrected chi connectivity index (χ1v) is 13.1. The van der Waals surface area contributed by atoms with Crippen molar-refractivity contribution in [2.75, 3.05) is 25.4 Å². The minimum atomic E-state index is -3.17. The SMILES string of the molecule is O=S(=O)(CC1CC1)NCc1ccc2c(c1)C(Cc1ccccc1)C(CN1CCC1)C2. The molecule has 5 heteroatoms. The van der Waals surface area contributed by atoms with Gasteiger partial charge in [-0.15, -0.1) is 0 Å². The van der Waals surface area contributed by atoms with Gasteiger partial charge in [-0.1, -0.05) is 48.5 Å². The lowest BCUT2D eigenvalue weighted by atomic mass is 9.85. The second kappa shape index (κ2) is 8.45. The second-order valence-electron chi connectivity index (χ2n) is 9.49. The fourth-order valence-corrected chi connectivity index (χ4v) is 6.50. The summed E-state index contributed by atoms with van der Waals surface area (Å²) < 4.78 is 27.4. The summed E-state index contributed by atoms with van der Waals surface area (Å²) in [6.07, 6.45) is 5.63. The maximum Gasteiger partial charge on any atom is 0.212 e. The molecule has 4 nitrogen and oxygen atoms in total. The van der Waals surface area contributed by atoms with Gasteiger partial charge in [-0.3, -0.25) is 0 Å². The van der Waals surface area contributed by atoms with Crippen LogP contribution in [0.25, 0.3) is 0 Å². The van der Waals surface area contributed by atoms with Gasteiger partial charge in [0.25, 0.3) is 0 Å². The van der Waals surface area contributed by atoms with Gasteiger partial charge in [0.15, 0.2) is 0 Å². The summed E-state index contributed by atoms with van der Waals surface area (Å²) in [5, 5.41) is 0. The van der Waals surface area contributed by atoms with Crippen molar-refractivity contribution in [3.05, 3.63) is 70.8 Å². The molecule has 5 rings (SSSR count). The Morgan fingerprint density at radius 2 is 1.80 bits per heavy atom. The van der Waals surface area contributed by atoms with E-state index in [2.05, 4.69) is 58.2 Å². The number of likely N-dealkylation sites (tertiary alicyclic amines) is 1. The van der Waals surface area contributed by atoms with Crippen LogP contribution in [0.3, 0.4) is 0 Å². The lowest BCUT2D eigenvalue weighted by molar-refractivity contribution is 0.145. The molecule has 0 aromatic heterocycles. The van der Waals surface area contributed by atoms with Crippen molar-refractivity contribution in [2.45, 2.75) is 44.6 Å². The van der Waals surface area contributed by atoms with Crippen molar-refractivity contribution in [3.63, 3.8) is 0 Å². The molecule has 0 radical (unpaired) electrons. The summed E-state index contributed by atoms with van der Waals surface area (Å²) in [6, 6.07) is 17.4. The van der Waals surface area contributed by atoms with Gasteiger partial charge in [0.2, 0.25) is 10.0 Å². The Kier molecular flexibility index (Phi) is 5.69. The van der Waals surface area contributed by atoms with Crippen molar-refractivity contribution >= 4 is 10.0 Å². The minimum Gasteiger partial charge on any atom is -0.303 e. The smallest absolute Gasteiger partial charge is 0.212 e. The summed E-state index contributed by atoms with van der Waals surface area (Å²) in [5.74, 6) is 1.81. The number of nitrogens with zero attached hydrogens (tertiary/aromatic N) is 1. The maximum atomic E-state index is 12.3. The highest BCUT2D eigenvalue weighted by atomic mass is 32.2. The molecular weight excluding hydrogens is 392 g/mol. The van der Waals surface area contributed by atoms with E-state index in [1.54, 1.807) is 0 Å². The van der Waals surface area contributed by atoms with Gasteiger partial charge >= 0.3 is 0 Å². The van der Waals surface area contributed by atoms with Crippen LogP contribution in [0.5, 0.6) is 0 Å². The fourth-order valence-electron chi connectivity index (χ4n) is 5.04. The summed E-state index contributed by atoms with van der Waals surface area (Å²) in [4.78, 5) is 2.58. The first kappa shape index (κ1) is 20.2. The van der Waals surface area contributed by atoms with Crippen molar-refractivity contribution in [3.8, 4) is 0 Å². The molecule has 1 saturated heterocycles. The van der Waals surface area contributed by atoms with E-state index in [4.69, 9.17) is 0 Å². The third kappa shape index (κ3) is 4.79. The van der Waals surface area contributed by atoms with Gasteiger partial charge in [0.05, 0.1) is 5.75 Å². The van der Waals surface area contributed by atoms with Gasteiger partial charge in [-0.25, -0.2) is 13.1 Å². The molecule has 2 aliphatic carbocycles. The number of nitrogens with one attached hydrogen (secondary N) is 1. The molecule has 1 saturated carbocycles. The van der Waals surface area contributed by atoms with Gasteiger partial charge in [0.1, 0.15) is 0 Å². The highest BCUT2D eigenvalue weighted by molar-refractivity contribution is 7.89. The van der Waals surface area contributed by atoms with E-state index >= 15 is 0 Å². The van der Waals surface area contributed by atoms with Crippen LogP contribution < -0.4 is 4.72 Å². The van der Waals surface area contributed by atoms with Gasteiger partial charge < -0.3 is 4.90 Å². The Hall–Kier alpha value is -1.69. The number of hydrogen-bond acceptors (Lipinski definition) is 3. The molecule has 0 spiro atoms. The number of benzene rings is 2. The highest BCUT2D eigenvalue weighted by Crippen LogP contribution is 2.41. The quantitative estimate of drug-likeness (QED) is 0.667. The molecule has 2 fully saturated rings. The van der Waals surface area contributed by atoms with Crippen LogP contribution in [0.4, 0.5) is 0 Å². The fraction of sp³-hybridized carbons (Fsp3) is 0.520. The molecule has 0 amide bonds. The maximum absolute atomic E-state index is 12.3. The number of sulfonamides is 1. The number of rotatable bonds is 9. The predicted molar refractivity (Wildman–Crippen MR) is 121 cm³/mol. The predicted octanol–water partition coefficient (Wildman–Crippen LogP) is 3.72. The number of fused-ring (bicyclic) bond motifs is 1. The first-order valence-electron chi connectivity index (χ1n) is 11.4. The number of hydrogen-bond donors (Lipinski definition) is 1. The summed E-state index contributed by atoms with van der Waals surface area (Å²) in [5.41, 5.74) is 5.35. The Morgan fingerprint density at radius 3 is 2.50 bits per heavy atom. The third-order valence-electron chi connectivity index (χ3n) is 7.05. The molecule has 2 atom stereocenters. The van der Waals surface area contributed by atoms with Crippen LogP contribution >= 0.6 is 0 Å². The zero-order valence-electron chi connectivity index (χ0n) is 17.6. The van der Waals surface area contributed by atoms with Gasteiger partial charge in [-0.05, 0) is 85.2 Å². The summed E-state index contributed by atoms with van der Waals surface area (Å²) >= 11 is 0. The molecule has 2 aromatic carbocycles. The van der Waals surface area contributed by atoms with Crippen LogP contribution in [0.2, 0.25) is 0 Å². The second-order valence-corrected chi connectivity index (χ2v) is 11.3. The zero-order valence-corrected chi connectivity index (χ0v) is 18.4. The van der Waals surface area contributed by atoms with Crippen LogP contribution in [-0.2, 0) is 29.4 Å². The summed E-state index contributed by atoms with van der Waals surface area (Å²) in [7, 11) is -3.17. The Balaban J connectivity index is 1.33. The van der Waals surface area contributed by atoms with Gasteiger partial charge in [-0.2, -0.15) is 0 Å².